The summed E-state index contributed by atoms with van der Waals surface area (Å²) in [6.45, 7) is -2.88. The third-order valence-electron chi connectivity index (χ3n) is 4.13. The highest BCUT2D eigenvalue weighted by Crippen LogP contribution is 2.22. The highest BCUT2D eigenvalue weighted by atomic mass is 32.1. The molecule has 1 aromatic heterocycles. The fraction of sp³-hybridized carbons (Fsp3) is 0.286. The van der Waals surface area contributed by atoms with Crippen LogP contribution in [0.25, 0.3) is 10.2 Å². The lowest BCUT2D eigenvalue weighted by Crippen LogP contribution is -2.30. The molecule has 0 aliphatic rings. The number of para-hydroxylation sites is 1. The zero-order chi connectivity index (χ0) is 21.3. The second-order valence-electron chi connectivity index (χ2n) is 6.36. The van der Waals surface area contributed by atoms with Crippen LogP contribution < -0.4 is 10.1 Å². The van der Waals surface area contributed by atoms with Crippen molar-refractivity contribution in [3.8, 4) is 5.75 Å². The molecule has 1 amide bonds. The van der Waals surface area contributed by atoms with Crippen LogP contribution in [0.3, 0.4) is 0 Å². The molecule has 1 heterocycles. The van der Waals surface area contributed by atoms with Crippen molar-refractivity contribution in [2.24, 2.45) is 0 Å². The number of nitrogens with zero attached hydrogens (tertiary/aromatic N) is 1. The average molecular weight is 434 g/mol. The first kappa shape index (κ1) is 21.6. The van der Waals surface area contributed by atoms with Gasteiger partial charge in [-0.25, -0.2) is 4.98 Å². The summed E-state index contributed by atoms with van der Waals surface area (Å²) in [6.07, 6.45) is 1.12. The Morgan fingerprint density at radius 3 is 2.57 bits per heavy atom. The third kappa shape index (κ3) is 6.77. The van der Waals surface area contributed by atoms with Crippen molar-refractivity contribution >= 4 is 33.4 Å². The molecule has 0 bridgehead atoms. The van der Waals surface area contributed by atoms with Gasteiger partial charge in [-0.15, -0.1) is 11.3 Å². The summed E-state index contributed by atoms with van der Waals surface area (Å²) in [4.78, 5) is 28.1. The number of carbonyl (C=O) groups excluding carboxylic acids is 2. The number of nitrogens with one attached hydrogen (secondary N) is 1. The Morgan fingerprint density at radius 2 is 1.83 bits per heavy atom. The monoisotopic (exact) mass is 434 g/mol. The van der Waals surface area contributed by atoms with Crippen LogP contribution in [0.1, 0.15) is 17.0 Å². The number of esters is 1. The molecule has 3 aromatic rings. The molecule has 0 unspecified atom stereocenters. The molecule has 0 radical (unpaired) electrons. The lowest BCUT2D eigenvalue weighted by atomic mass is 10.1. The molecule has 9 heteroatoms. The number of aryl methyl sites for hydroxylation is 1. The van der Waals surface area contributed by atoms with Gasteiger partial charge in [-0.05, 0) is 36.2 Å². The summed E-state index contributed by atoms with van der Waals surface area (Å²) in [5.41, 5.74) is 1.76. The van der Waals surface area contributed by atoms with Gasteiger partial charge in [0.15, 0.2) is 6.61 Å². The van der Waals surface area contributed by atoms with E-state index in [9.17, 15) is 18.4 Å². The quantitative estimate of drug-likeness (QED) is 0.492. The molecular formula is C21H20F2N2O4S. The Balaban J connectivity index is 1.31. The molecule has 0 aliphatic heterocycles. The van der Waals surface area contributed by atoms with Gasteiger partial charge in [-0.3, -0.25) is 9.59 Å². The van der Waals surface area contributed by atoms with Gasteiger partial charge in [0, 0.05) is 13.0 Å². The van der Waals surface area contributed by atoms with E-state index in [-0.39, 0.29) is 18.8 Å². The molecule has 0 saturated carbocycles. The standard InChI is InChI=1S/C21H20F2N2O4S/c22-21(23)29-15-7-5-14(6-8-15)11-12-24-18(26)13-28-20(27)10-9-19-25-16-3-1-2-4-17(16)30-19/h1-8,21H,9-13H2,(H,24,26). The minimum absolute atomic E-state index is 0.0792. The molecule has 0 aliphatic carbocycles. The normalized spacial score (nSPS) is 10.9. The van der Waals surface area contributed by atoms with Gasteiger partial charge in [-0.2, -0.15) is 8.78 Å². The Morgan fingerprint density at radius 1 is 1.07 bits per heavy atom. The molecule has 30 heavy (non-hydrogen) atoms. The van der Waals surface area contributed by atoms with E-state index in [4.69, 9.17) is 4.74 Å². The van der Waals surface area contributed by atoms with Gasteiger partial charge >= 0.3 is 12.6 Å². The van der Waals surface area contributed by atoms with Gasteiger partial charge in [0.05, 0.1) is 21.6 Å². The van der Waals surface area contributed by atoms with Crippen LogP contribution in [0.2, 0.25) is 0 Å². The maximum atomic E-state index is 12.1. The molecule has 6 nitrogen and oxygen atoms in total. The number of benzene rings is 2. The van der Waals surface area contributed by atoms with E-state index in [1.54, 1.807) is 12.1 Å². The summed E-state index contributed by atoms with van der Waals surface area (Å²) in [5.74, 6) is -0.782. The fourth-order valence-corrected chi connectivity index (χ4v) is 3.66. The maximum Gasteiger partial charge on any atom is 0.387 e. The SMILES string of the molecule is O=C(COC(=O)CCc1nc2ccccc2s1)NCCc1ccc(OC(F)F)cc1. The van der Waals surface area contributed by atoms with Crippen LogP contribution >= 0.6 is 11.3 Å². The Hall–Kier alpha value is -3.07. The molecule has 0 fully saturated rings. The van der Waals surface area contributed by atoms with Gasteiger partial charge in [0.1, 0.15) is 5.75 Å². The fourth-order valence-electron chi connectivity index (χ4n) is 2.69. The molecule has 3 rings (SSSR count). The lowest BCUT2D eigenvalue weighted by Gasteiger charge is -2.08. The zero-order valence-corrected chi connectivity index (χ0v) is 16.8. The summed E-state index contributed by atoms with van der Waals surface area (Å²) >= 11 is 1.53. The number of thiazole rings is 1. The van der Waals surface area contributed by atoms with Gasteiger partial charge in [-0.1, -0.05) is 24.3 Å². The van der Waals surface area contributed by atoms with Crippen LogP contribution in [0.4, 0.5) is 8.78 Å². The van der Waals surface area contributed by atoms with Crippen molar-refractivity contribution in [2.45, 2.75) is 25.9 Å². The number of carbonyl (C=O) groups is 2. The number of aromatic nitrogens is 1. The molecule has 158 valence electrons. The van der Waals surface area contributed by atoms with E-state index in [0.29, 0.717) is 19.4 Å². The van der Waals surface area contributed by atoms with E-state index < -0.39 is 18.5 Å². The average Bonchev–Trinajstić information content (AvgIpc) is 3.15. The molecule has 0 saturated heterocycles. The molecule has 0 spiro atoms. The van der Waals surface area contributed by atoms with Crippen molar-refractivity contribution in [2.75, 3.05) is 13.2 Å². The Labute approximate surface area is 175 Å². The van der Waals surface area contributed by atoms with Gasteiger partial charge in [0.2, 0.25) is 0 Å². The largest absolute Gasteiger partial charge is 0.456 e. The van der Waals surface area contributed by atoms with Crippen LogP contribution in [-0.2, 0) is 27.2 Å². The number of ether oxygens (including phenoxy) is 2. The first-order valence-electron chi connectivity index (χ1n) is 9.30. The molecule has 2 aromatic carbocycles. The van der Waals surface area contributed by atoms with E-state index in [0.717, 1.165) is 20.8 Å². The summed E-state index contributed by atoms with van der Waals surface area (Å²) in [6, 6.07) is 13.9. The number of fused-ring (bicyclic) bond motifs is 1. The van der Waals surface area contributed by atoms with Crippen molar-refractivity contribution in [3.05, 3.63) is 59.1 Å². The first-order valence-corrected chi connectivity index (χ1v) is 10.1. The third-order valence-corrected chi connectivity index (χ3v) is 5.23. The summed E-state index contributed by atoms with van der Waals surface area (Å²) < 4.78 is 34.6. The number of hydrogen-bond donors (Lipinski definition) is 1. The summed E-state index contributed by atoms with van der Waals surface area (Å²) in [7, 11) is 0. The summed E-state index contributed by atoms with van der Waals surface area (Å²) in [5, 5.41) is 3.50. The van der Waals surface area contributed by atoms with E-state index in [2.05, 4.69) is 15.0 Å². The molecule has 1 N–H and O–H groups in total. The smallest absolute Gasteiger partial charge is 0.387 e. The predicted octanol–water partition coefficient (Wildman–Crippen LogP) is 3.73. The van der Waals surface area contributed by atoms with Crippen LogP contribution in [0.5, 0.6) is 5.75 Å². The van der Waals surface area contributed by atoms with Crippen molar-refractivity contribution in [1.82, 2.24) is 10.3 Å². The van der Waals surface area contributed by atoms with Gasteiger partial charge in [0.25, 0.3) is 5.91 Å². The predicted molar refractivity (Wildman–Crippen MR) is 109 cm³/mol. The van der Waals surface area contributed by atoms with E-state index in [1.165, 1.54) is 23.5 Å². The number of amides is 1. The van der Waals surface area contributed by atoms with Crippen LogP contribution in [-0.4, -0.2) is 36.6 Å². The van der Waals surface area contributed by atoms with Crippen LogP contribution in [0, 0.1) is 0 Å². The second-order valence-corrected chi connectivity index (χ2v) is 7.47. The second kappa shape index (κ2) is 10.6. The topological polar surface area (TPSA) is 77.5 Å². The zero-order valence-electron chi connectivity index (χ0n) is 16.0. The highest BCUT2D eigenvalue weighted by Gasteiger charge is 2.10. The first-order chi connectivity index (χ1) is 14.5. The van der Waals surface area contributed by atoms with Crippen molar-refractivity contribution in [3.63, 3.8) is 0 Å². The number of halogens is 2. The van der Waals surface area contributed by atoms with Crippen molar-refractivity contribution in [1.29, 1.82) is 0 Å². The van der Waals surface area contributed by atoms with Gasteiger partial charge < -0.3 is 14.8 Å². The maximum absolute atomic E-state index is 12.1. The molecule has 0 atom stereocenters. The Kier molecular flexibility index (Phi) is 7.67. The number of hydrogen-bond acceptors (Lipinski definition) is 6. The highest BCUT2D eigenvalue weighted by molar-refractivity contribution is 7.18. The van der Waals surface area contributed by atoms with E-state index in [1.807, 2.05) is 24.3 Å². The van der Waals surface area contributed by atoms with E-state index >= 15 is 0 Å². The van der Waals surface area contributed by atoms with Crippen molar-refractivity contribution < 1.29 is 27.8 Å². The molecular weight excluding hydrogens is 414 g/mol. The minimum Gasteiger partial charge on any atom is -0.456 e. The Bertz CT molecular complexity index is 959. The number of alkyl halides is 2. The van der Waals surface area contributed by atoms with Crippen LogP contribution in [0.15, 0.2) is 48.5 Å². The lowest BCUT2D eigenvalue weighted by molar-refractivity contribution is -0.148. The number of rotatable bonds is 10. The minimum atomic E-state index is -2.86.